The van der Waals surface area contributed by atoms with E-state index < -0.39 is 79.0 Å². The van der Waals surface area contributed by atoms with E-state index in [-0.39, 0.29) is 30.9 Å². The van der Waals surface area contributed by atoms with Crippen LogP contribution in [-0.4, -0.2) is 108 Å². The van der Waals surface area contributed by atoms with Gasteiger partial charge in [-0.2, -0.15) is 0 Å². The van der Waals surface area contributed by atoms with Crippen molar-refractivity contribution in [2.75, 3.05) is 32.7 Å². The maximum atomic E-state index is 14.0. The van der Waals surface area contributed by atoms with Gasteiger partial charge in [-0.3, -0.25) is 24.1 Å². The Morgan fingerprint density at radius 2 is 1.24 bits per heavy atom. The van der Waals surface area contributed by atoms with E-state index in [2.05, 4.69) is 22.5 Å². The van der Waals surface area contributed by atoms with Crippen molar-refractivity contribution in [3.8, 4) is 11.8 Å². The van der Waals surface area contributed by atoms with E-state index in [4.69, 9.17) is 9.47 Å². The third-order valence-electron chi connectivity index (χ3n) is 7.56. The molecule has 0 saturated carbocycles. The summed E-state index contributed by atoms with van der Waals surface area (Å²) in [7, 11) is 0. The molecule has 4 rings (SSSR count). The van der Waals surface area contributed by atoms with Crippen LogP contribution >= 0.6 is 0 Å². The normalized spacial score (nSPS) is 17.2. The molecule has 2 aliphatic heterocycles. The monoisotopic (exact) mass is 760 g/mol. The van der Waals surface area contributed by atoms with Crippen molar-refractivity contribution in [1.82, 2.24) is 20.4 Å². The molecule has 0 radical (unpaired) electrons. The maximum absolute atomic E-state index is 14.0. The summed E-state index contributed by atoms with van der Waals surface area (Å²) in [5.74, 6) is -1.68. The Labute approximate surface area is 310 Å². The Bertz CT molecular complexity index is 1760. The van der Waals surface area contributed by atoms with Gasteiger partial charge in [-0.05, 0) is 65.8 Å². The van der Waals surface area contributed by atoms with Crippen LogP contribution in [0.3, 0.4) is 0 Å². The number of halogens is 4. The van der Waals surface area contributed by atoms with E-state index in [1.54, 1.807) is 77.9 Å². The van der Waals surface area contributed by atoms with E-state index in [0.29, 0.717) is 28.0 Å². The average Bonchev–Trinajstić information content (AvgIpc) is 3.62. The molecule has 0 aliphatic carbocycles. The van der Waals surface area contributed by atoms with Crippen LogP contribution in [0.1, 0.15) is 86.2 Å². The zero-order valence-corrected chi connectivity index (χ0v) is 30.9. The van der Waals surface area contributed by atoms with Crippen molar-refractivity contribution in [2.24, 2.45) is 0 Å². The van der Waals surface area contributed by atoms with Crippen molar-refractivity contribution >= 4 is 36.1 Å². The molecule has 12 nitrogen and oxygen atoms in total. The van der Waals surface area contributed by atoms with Crippen LogP contribution in [0.5, 0.6) is 0 Å². The predicted octanol–water partition coefficient (Wildman–Crippen LogP) is 5.22. The maximum Gasteiger partial charge on any atom is 0.411 e. The van der Waals surface area contributed by atoms with Gasteiger partial charge in [-0.25, -0.2) is 27.2 Å². The zero-order valence-electron chi connectivity index (χ0n) is 30.9. The van der Waals surface area contributed by atoms with E-state index in [1.807, 2.05) is 0 Å². The molecule has 16 heteroatoms. The van der Waals surface area contributed by atoms with Crippen molar-refractivity contribution in [3.63, 3.8) is 0 Å². The number of alkyl halides is 4. The zero-order chi connectivity index (χ0) is 40.5. The fourth-order valence-corrected chi connectivity index (χ4v) is 5.03. The van der Waals surface area contributed by atoms with Crippen LogP contribution in [0.25, 0.3) is 0 Å². The van der Waals surface area contributed by atoms with Crippen LogP contribution in [0.15, 0.2) is 48.5 Å². The lowest BCUT2D eigenvalue weighted by molar-refractivity contribution is -0.125. The van der Waals surface area contributed by atoms with Gasteiger partial charge in [-0.1, -0.05) is 36.1 Å². The number of ether oxygens (including phenoxy) is 2. The summed E-state index contributed by atoms with van der Waals surface area (Å²) in [6.07, 6.45) is -2.37. The number of carbonyl (C=O) groups excluding carboxylic acids is 6. The van der Waals surface area contributed by atoms with Crippen LogP contribution in [0.2, 0.25) is 0 Å². The lowest BCUT2D eigenvalue weighted by Crippen LogP contribution is -2.48. The van der Waals surface area contributed by atoms with Gasteiger partial charge in [0.2, 0.25) is 12.3 Å². The quantitative estimate of drug-likeness (QED) is 0.161. The number of benzene rings is 2. The van der Waals surface area contributed by atoms with Gasteiger partial charge in [0.05, 0.1) is 26.2 Å². The second-order valence-corrected chi connectivity index (χ2v) is 14.7. The van der Waals surface area contributed by atoms with Gasteiger partial charge in [0.1, 0.15) is 17.2 Å². The van der Waals surface area contributed by atoms with Crippen molar-refractivity contribution in [3.05, 3.63) is 70.8 Å². The summed E-state index contributed by atoms with van der Waals surface area (Å²) in [5, 5.41) is 4.66. The van der Waals surface area contributed by atoms with Gasteiger partial charge in [0.25, 0.3) is 11.8 Å². The molecule has 4 amide bonds. The highest BCUT2D eigenvalue weighted by molar-refractivity contribution is 6.00. The molecule has 2 fully saturated rings. The van der Waals surface area contributed by atoms with Crippen molar-refractivity contribution in [2.45, 2.75) is 83.5 Å². The number of likely N-dealkylation sites (tertiary alicyclic amines) is 2. The number of carbonyl (C=O) groups is 6. The molecule has 292 valence electrons. The minimum atomic E-state index is -3.26. The summed E-state index contributed by atoms with van der Waals surface area (Å²) in [6, 6.07) is 11.4. The molecular weight excluding hydrogens is 716 g/mol. The number of nitrogens with zero attached hydrogens (tertiary/aromatic N) is 2. The van der Waals surface area contributed by atoms with Gasteiger partial charge in [0, 0.05) is 41.6 Å². The first-order valence-electron chi connectivity index (χ1n) is 16.9. The lowest BCUT2D eigenvalue weighted by Gasteiger charge is -2.27. The van der Waals surface area contributed by atoms with Gasteiger partial charge in [-0.15, -0.1) is 0 Å². The summed E-state index contributed by atoms with van der Waals surface area (Å²) in [6.45, 7) is 7.94. The molecule has 0 spiro atoms. The molecule has 1 atom stereocenters. The first kappa shape index (κ1) is 42.9. The third kappa shape index (κ3) is 13.8. The van der Waals surface area contributed by atoms with Crippen LogP contribution in [-0.2, 0) is 19.1 Å². The molecule has 2 heterocycles. The standard InChI is InChI=1S/C29H29F2N3O6.C9H15F2NO2/c1-28(2,3)40-27(39)34-17-29(30,31)14-23(34)26(38)33-16-25(37)22-12-8-20(9-13-22)5-4-19-6-10-21(11-7-19)24(36)15-32-18-35;1-8(2,3)14-7(13)12-5-4-9(10,11)6-12/h6-13,18,23H,14-17H2,1-3H3,(H,32,35)(H,33,38);4-6H2,1-3H3. The summed E-state index contributed by atoms with van der Waals surface area (Å²) in [5.41, 5.74) is 0.420. The van der Waals surface area contributed by atoms with E-state index in [9.17, 15) is 46.3 Å². The minimum Gasteiger partial charge on any atom is -0.444 e. The second-order valence-electron chi connectivity index (χ2n) is 14.7. The average molecular weight is 761 g/mol. The van der Waals surface area contributed by atoms with E-state index >= 15 is 0 Å². The summed E-state index contributed by atoms with van der Waals surface area (Å²) >= 11 is 0. The molecular formula is C38H44F4N4O8. The SMILES string of the molecule is CC(C)(C)OC(=O)N1CC(F)(F)CC1C(=O)NCC(=O)c1ccc(C#Cc2ccc(C(=O)CNC=O)cc2)cc1.CC(C)(C)OC(=O)N1CCC(F)(F)C1. The molecule has 1 unspecified atom stereocenters. The summed E-state index contributed by atoms with van der Waals surface area (Å²) < 4.78 is 63.6. The van der Waals surface area contributed by atoms with Crippen LogP contribution in [0, 0.1) is 11.8 Å². The fourth-order valence-electron chi connectivity index (χ4n) is 5.03. The Morgan fingerprint density at radius 3 is 1.69 bits per heavy atom. The molecule has 2 N–H and O–H groups in total. The third-order valence-corrected chi connectivity index (χ3v) is 7.56. The van der Waals surface area contributed by atoms with Crippen molar-refractivity contribution < 1.29 is 55.8 Å². The Kier molecular flexibility index (Phi) is 14.0. The fraction of sp³-hybridized carbons (Fsp3) is 0.474. The van der Waals surface area contributed by atoms with Crippen LogP contribution in [0.4, 0.5) is 27.2 Å². The molecule has 2 aliphatic rings. The molecule has 2 aromatic rings. The summed E-state index contributed by atoms with van der Waals surface area (Å²) in [4.78, 5) is 72.8. The molecule has 2 aromatic carbocycles. The topological polar surface area (TPSA) is 151 Å². The molecule has 0 bridgehead atoms. The highest BCUT2D eigenvalue weighted by Crippen LogP contribution is 2.33. The number of Topliss-reactive ketones (excluding diaryl/α,β-unsaturated/α-hetero) is 2. The molecule has 54 heavy (non-hydrogen) atoms. The van der Waals surface area contributed by atoms with Crippen LogP contribution < -0.4 is 10.6 Å². The smallest absolute Gasteiger partial charge is 0.411 e. The largest absolute Gasteiger partial charge is 0.444 e. The van der Waals surface area contributed by atoms with E-state index in [1.165, 1.54) is 12.1 Å². The Morgan fingerprint density at radius 1 is 0.759 bits per heavy atom. The number of amides is 4. The van der Waals surface area contributed by atoms with Gasteiger partial charge < -0.3 is 25.0 Å². The molecule has 2 saturated heterocycles. The van der Waals surface area contributed by atoms with Gasteiger partial charge in [0.15, 0.2) is 11.6 Å². The highest BCUT2D eigenvalue weighted by atomic mass is 19.3. The van der Waals surface area contributed by atoms with E-state index in [0.717, 1.165) is 4.90 Å². The lowest BCUT2D eigenvalue weighted by atomic mass is 10.1. The highest BCUT2D eigenvalue weighted by Gasteiger charge is 2.51. The minimum absolute atomic E-state index is 0.0713. The number of hydrogen-bond donors (Lipinski definition) is 2. The number of hydrogen-bond acceptors (Lipinski definition) is 8. The number of rotatable bonds is 8. The van der Waals surface area contributed by atoms with Crippen molar-refractivity contribution in [1.29, 1.82) is 0 Å². The Hall–Kier alpha value is -5.46. The number of ketones is 2. The Balaban J connectivity index is 0.000000469. The van der Waals surface area contributed by atoms with Gasteiger partial charge >= 0.3 is 12.2 Å². The number of nitrogens with one attached hydrogen (secondary N) is 2. The molecule has 0 aromatic heterocycles. The first-order chi connectivity index (χ1) is 25.0. The first-order valence-corrected chi connectivity index (χ1v) is 16.9. The second kappa shape index (κ2) is 17.6. The predicted molar refractivity (Wildman–Crippen MR) is 188 cm³/mol.